The first-order valence-corrected chi connectivity index (χ1v) is 5.60. The van der Waals surface area contributed by atoms with E-state index in [0.717, 1.165) is 32.2 Å². The molecule has 1 aromatic rings. The van der Waals surface area contributed by atoms with E-state index in [9.17, 15) is 13.2 Å². The Hall–Kier alpha value is -1.50. The van der Waals surface area contributed by atoms with Crippen molar-refractivity contribution < 1.29 is 17.9 Å². The van der Waals surface area contributed by atoms with E-state index in [2.05, 4.69) is 10.3 Å². The zero-order valence-corrected chi connectivity index (χ0v) is 9.92. The van der Waals surface area contributed by atoms with Crippen LogP contribution in [0, 0.1) is 0 Å². The molecule has 0 amide bonds. The van der Waals surface area contributed by atoms with Crippen LogP contribution < -0.4 is 15.0 Å². The molecule has 0 bridgehead atoms. The van der Waals surface area contributed by atoms with Crippen molar-refractivity contribution in [3.63, 3.8) is 0 Å². The molecule has 1 aliphatic rings. The van der Waals surface area contributed by atoms with Gasteiger partial charge in [0.05, 0.1) is 7.11 Å². The molecule has 0 aromatic carbocycles. The van der Waals surface area contributed by atoms with Crippen LogP contribution in [-0.2, 0) is 6.18 Å². The molecule has 0 atom stereocenters. The average molecular weight is 261 g/mol. The molecule has 100 valence electrons. The number of piperazine rings is 1. The minimum atomic E-state index is -4.44. The van der Waals surface area contributed by atoms with Crippen molar-refractivity contribution in [2.24, 2.45) is 0 Å². The van der Waals surface area contributed by atoms with Gasteiger partial charge in [0.1, 0.15) is 11.4 Å². The predicted octanol–water partition coefficient (Wildman–Crippen LogP) is 1.52. The number of nitrogens with one attached hydrogen (secondary N) is 1. The van der Waals surface area contributed by atoms with Gasteiger partial charge < -0.3 is 15.0 Å². The minimum absolute atomic E-state index is 0.376. The summed E-state index contributed by atoms with van der Waals surface area (Å²) >= 11 is 0. The lowest BCUT2D eigenvalue weighted by atomic mass is 10.2. The lowest BCUT2D eigenvalue weighted by molar-refractivity contribution is -0.139. The molecule has 2 rings (SSSR count). The number of hydrogen-bond donors (Lipinski definition) is 1. The summed E-state index contributed by atoms with van der Waals surface area (Å²) in [7, 11) is 1.19. The summed E-state index contributed by atoms with van der Waals surface area (Å²) in [5, 5.41) is 3.17. The fourth-order valence-corrected chi connectivity index (χ4v) is 1.87. The van der Waals surface area contributed by atoms with Crippen LogP contribution in [0.5, 0.6) is 5.88 Å². The van der Waals surface area contributed by atoms with Crippen LogP contribution in [0.3, 0.4) is 0 Å². The Labute approximate surface area is 103 Å². The molecule has 4 nitrogen and oxygen atoms in total. The third-order valence-electron chi connectivity index (χ3n) is 2.79. The van der Waals surface area contributed by atoms with E-state index in [1.165, 1.54) is 13.2 Å². The molecule has 0 saturated carbocycles. The number of ether oxygens (including phenoxy) is 1. The van der Waals surface area contributed by atoms with Gasteiger partial charge >= 0.3 is 6.18 Å². The highest BCUT2D eigenvalue weighted by molar-refractivity contribution is 5.45. The molecule has 0 unspecified atom stereocenters. The first-order chi connectivity index (χ1) is 8.52. The number of nitrogens with zero attached hydrogens (tertiary/aromatic N) is 2. The van der Waals surface area contributed by atoms with E-state index >= 15 is 0 Å². The van der Waals surface area contributed by atoms with Gasteiger partial charge in [-0.3, -0.25) is 0 Å². The Kier molecular flexibility index (Phi) is 3.60. The summed E-state index contributed by atoms with van der Waals surface area (Å²) in [4.78, 5) is 5.87. The maximum Gasteiger partial charge on any atom is 0.421 e. The molecule has 7 heteroatoms. The summed E-state index contributed by atoms with van der Waals surface area (Å²) < 4.78 is 42.7. The van der Waals surface area contributed by atoms with Gasteiger partial charge in [0, 0.05) is 26.2 Å². The number of anilines is 1. The molecule has 0 aliphatic carbocycles. The van der Waals surface area contributed by atoms with E-state index in [1.54, 1.807) is 0 Å². The smallest absolute Gasteiger partial charge is 0.421 e. The highest BCUT2D eigenvalue weighted by Crippen LogP contribution is 2.36. The summed E-state index contributed by atoms with van der Waals surface area (Å²) in [6.45, 7) is 3.04. The van der Waals surface area contributed by atoms with Crippen LogP contribution in [-0.4, -0.2) is 38.3 Å². The molecule has 1 N–H and O–H groups in total. The number of halogens is 3. The molecule has 0 radical (unpaired) electrons. The Balaban J connectivity index is 2.29. The van der Waals surface area contributed by atoms with Crippen LogP contribution >= 0.6 is 0 Å². The summed E-state index contributed by atoms with van der Waals surface area (Å²) in [6, 6.07) is 2.40. The minimum Gasteiger partial charge on any atom is -0.481 e. The SMILES string of the molecule is COc1nc(N2CCNCC2)ccc1C(F)(F)F. The van der Waals surface area contributed by atoms with Crippen molar-refractivity contribution in [3.8, 4) is 5.88 Å². The first-order valence-electron chi connectivity index (χ1n) is 5.60. The average Bonchev–Trinajstić information content (AvgIpc) is 2.38. The van der Waals surface area contributed by atoms with Gasteiger partial charge in [-0.25, -0.2) is 0 Å². The van der Waals surface area contributed by atoms with Crippen LogP contribution in [0.1, 0.15) is 5.56 Å². The standard InChI is InChI=1S/C11H14F3N3O/c1-18-10-8(11(12,13)14)2-3-9(16-10)17-6-4-15-5-7-17/h2-3,15H,4-7H2,1H3. The Bertz CT molecular complexity index is 416. The Morgan fingerprint density at radius 2 is 1.94 bits per heavy atom. The van der Waals surface area contributed by atoms with Crippen LogP contribution in [0.15, 0.2) is 12.1 Å². The second-order valence-corrected chi connectivity index (χ2v) is 3.96. The van der Waals surface area contributed by atoms with Gasteiger partial charge in [-0.1, -0.05) is 0 Å². The zero-order valence-electron chi connectivity index (χ0n) is 9.92. The number of alkyl halides is 3. The van der Waals surface area contributed by atoms with Crippen molar-refractivity contribution in [1.82, 2.24) is 10.3 Å². The maximum absolute atomic E-state index is 12.7. The zero-order chi connectivity index (χ0) is 13.2. The van der Waals surface area contributed by atoms with Crippen LogP contribution in [0.2, 0.25) is 0 Å². The highest BCUT2D eigenvalue weighted by Gasteiger charge is 2.35. The molecule has 1 aliphatic heterocycles. The summed E-state index contributed by atoms with van der Waals surface area (Å²) in [5.74, 6) is 0.139. The third-order valence-corrected chi connectivity index (χ3v) is 2.79. The largest absolute Gasteiger partial charge is 0.481 e. The molecule has 18 heavy (non-hydrogen) atoms. The van der Waals surface area contributed by atoms with E-state index in [1.807, 2.05) is 4.90 Å². The third kappa shape index (κ3) is 2.66. The van der Waals surface area contributed by atoms with Gasteiger partial charge in [0.15, 0.2) is 0 Å². The molecule has 0 spiro atoms. The molecular weight excluding hydrogens is 247 g/mol. The lowest BCUT2D eigenvalue weighted by Crippen LogP contribution is -2.43. The maximum atomic E-state index is 12.7. The first kappa shape index (κ1) is 12.9. The second kappa shape index (κ2) is 5.01. The van der Waals surface area contributed by atoms with E-state index < -0.39 is 11.7 Å². The molecular formula is C11H14F3N3O. The number of rotatable bonds is 2. The predicted molar refractivity (Wildman–Crippen MR) is 60.9 cm³/mol. The van der Waals surface area contributed by atoms with Crippen molar-refractivity contribution in [1.29, 1.82) is 0 Å². The Morgan fingerprint density at radius 1 is 1.28 bits per heavy atom. The fourth-order valence-electron chi connectivity index (χ4n) is 1.87. The van der Waals surface area contributed by atoms with Crippen LogP contribution in [0.25, 0.3) is 0 Å². The Morgan fingerprint density at radius 3 is 2.50 bits per heavy atom. The topological polar surface area (TPSA) is 37.4 Å². The lowest BCUT2D eigenvalue weighted by Gasteiger charge is -2.28. The van der Waals surface area contributed by atoms with Gasteiger partial charge in [0.2, 0.25) is 5.88 Å². The highest BCUT2D eigenvalue weighted by atomic mass is 19.4. The second-order valence-electron chi connectivity index (χ2n) is 3.96. The number of aromatic nitrogens is 1. The van der Waals surface area contributed by atoms with Crippen molar-refractivity contribution in [2.75, 3.05) is 38.2 Å². The quantitative estimate of drug-likeness (QED) is 0.876. The van der Waals surface area contributed by atoms with Crippen molar-refractivity contribution in [2.45, 2.75) is 6.18 Å². The summed E-state index contributed by atoms with van der Waals surface area (Å²) in [5.41, 5.74) is -0.844. The van der Waals surface area contributed by atoms with E-state index in [4.69, 9.17) is 4.74 Å². The van der Waals surface area contributed by atoms with E-state index in [-0.39, 0.29) is 5.88 Å². The fraction of sp³-hybridized carbons (Fsp3) is 0.545. The molecule has 1 saturated heterocycles. The van der Waals surface area contributed by atoms with Crippen molar-refractivity contribution in [3.05, 3.63) is 17.7 Å². The van der Waals surface area contributed by atoms with Gasteiger partial charge in [-0.05, 0) is 12.1 Å². The number of hydrogen-bond acceptors (Lipinski definition) is 4. The van der Waals surface area contributed by atoms with E-state index in [0.29, 0.717) is 5.82 Å². The van der Waals surface area contributed by atoms with Crippen LogP contribution in [0.4, 0.5) is 19.0 Å². The van der Waals surface area contributed by atoms with Gasteiger partial charge in [0.25, 0.3) is 0 Å². The number of pyridine rings is 1. The molecule has 1 aromatic heterocycles. The van der Waals surface area contributed by atoms with Gasteiger partial charge in [-0.15, -0.1) is 0 Å². The molecule has 2 heterocycles. The van der Waals surface area contributed by atoms with Crippen molar-refractivity contribution >= 4 is 5.82 Å². The summed E-state index contributed by atoms with van der Waals surface area (Å²) in [6.07, 6.45) is -4.44. The normalized spacial score (nSPS) is 16.8. The van der Waals surface area contributed by atoms with Gasteiger partial charge in [-0.2, -0.15) is 18.2 Å². The number of methoxy groups -OCH3 is 1. The molecule has 1 fully saturated rings. The monoisotopic (exact) mass is 261 g/mol.